The maximum absolute atomic E-state index is 13.0. The summed E-state index contributed by atoms with van der Waals surface area (Å²) in [4.78, 5) is 13.4. The number of benzene rings is 1. The first-order valence-corrected chi connectivity index (χ1v) is 5.63. The molecule has 1 aliphatic heterocycles. The van der Waals surface area contributed by atoms with Crippen LogP contribution in [0.1, 0.15) is 16.8 Å². The van der Waals surface area contributed by atoms with Gasteiger partial charge in [0, 0.05) is 25.2 Å². The molecule has 0 radical (unpaired) electrons. The number of amides is 1. The van der Waals surface area contributed by atoms with Crippen LogP contribution in [0, 0.1) is 17.5 Å². The predicted molar refractivity (Wildman–Crippen MR) is 59.7 cm³/mol. The molecule has 1 unspecified atom stereocenters. The topological polar surface area (TPSA) is 32.3 Å². The van der Waals surface area contributed by atoms with E-state index in [1.54, 1.807) is 7.05 Å². The number of nitrogens with one attached hydrogen (secondary N) is 1. The summed E-state index contributed by atoms with van der Waals surface area (Å²) in [6.07, 6.45) is 0.786. The monoisotopic (exact) mass is 258 g/mol. The van der Waals surface area contributed by atoms with Crippen LogP contribution in [-0.4, -0.2) is 37.0 Å². The minimum atomic E-state index is -1.56. The molecule has 0 spiro atoms. The first-order chi connectivity index (χ1) is 8.50. The molecule has 3 nitrogen and oxygen atoms in total. The smallest absolute Gasteiger partial charge is 0.254 e. The number of carbonyl (C=O) groups is 1. The van der Waals surface area contributed by atoms with E-state index >= 15 is 0 Å². The summed E-state index contributed by atoms with van der Waals surface area (Å²) in [5, 5.41) is 3.09. The highest BCUT2D eigenvalue weighted by atomic mass is 19.2. The molecule has 18 heavy (non-hydrogen) atoms. The zero-order valence-corrected chi connectivity index (χ0v) is 9.84. The molecule has 0 saturated carbocycles. The molecule has 1 aromatic rings. The molecule has 0 aromatic heterocycles. The Morgan fingerprint density at radius 2 is 1.94 bits per heavy atom. The number of hydrogen-bond donors (Lipinski definition) is 1. The molecule has 1 atom stereocenters. The van der Waals surface area contributed by atoms with E-state index in [2.05, 4.69) is 5.32 Å². The third kappa shape index (κ3) is 2.33. The Balaban J connectivity index is 2.22. The summed E-state index contributed by atoms with van der Waals surface area (Å²) >= 11 is 0. The Morgan fingerprint density at radius 1 is 1.33 bits per heavy atom. The van der Waals surface area contributed by atoms with Gasteiger partial charge in [-0.05, 0) is 25.1 Å². The molecule has 2 rings (SSSR count). The van der Waals surface area contributed by atoms with Crippen molar-refractivity contribution in [2.75, 3.05) is 20.1 Å². The van der Waals surface area contributed by atoms with Gasteiger partial charge in [-0.3, -0.25) is 4.79 Å². The lowest BCUT2D eigenvalue weighted by Crippen LogP contribution is -2.38. The third-order valence-corrected chi connectivity index (χ3v) is 3.13. The van der Waals surface area contributed by atoms with Crippen molar-refractivity contribution < 1.29 is 18.0 Å². The second-order valence-corrected chi connectivity index (χ2v) is 4.32. The van der Waals surface area contributed by atoms with Gasteiger partial charge >= 0.3 is 0 Å². The van der Waals surface area contributed by atoms with Crippen molar-refractivity contribution in [3.05, 3.63) is 35.1 Å². The summed E-state index contributed by atoms with van der Waals surface area (Å²) in [6, 6.07) is 1.44. The van der Waals surface area contributed by atoms with Crippen LogP contribution in [0.25, 0.3) is 0 Å². The van der Waals surface area contributed by atoms with Crippen LogP contribution in [0.2, 0.25) is 0 Å². The van der Waals surface area contributed by atoms with Gasteiger partial charge in [0.25, 0.3) is 5.91 Å². The van der Waals surface area contributed by atoms with Crippen LogP contribution < -0.4 is 5.32 Å². The fraction of sp³-hybridized carbons (Fsp3) is 0.417. The molecule has 1 aromatic carbocycles. The van der Waals surface area contributed by atoms with Crippen molar-refractivity contribution in [1.82, 2.24) is 10.2 Å². The van der Waals surface area contributed by atoms with E-state index < -0.39 is 23.4 Å². The lowest BCUT2D eigenvalue weighted by atomic mass is 10.1. The van der Waals surface area contributed by atoms with E-state index in [0.29, 0.717) is 6.54 Å². The fourth-order valence-electron chi connectivity index (χ4n) is 2.02. The maximum atomic E-state index is 13.0. The molecule has 1 saturated heterocycles. The summed E-state index contributed by atoms with van der Waals surface area (Å²) in [7, 11) is 1.57. The Labute approximate surface area is 103 Å². The van der Waals surface area contributed by atoms with Gasteiger partial charge in [0.15, 0.2) is 17.5 Å². The van der Waals surface area contributed by atoms with Crippen LogP contribution in [0.15, 0.2) is 12.1 Å². The molecule has 1 amide bonds. The maximum Gasteiger partial charge on any atom is 0.254 e. The highest BCUT2D eigenvalue weighted by Crippen LogP contribution is 2.17. The van der Waals surface area contributed by atoms with E-state index in [1.165, 1.54) is 4.90 Å². The zero-order valence-electron chi connectivity index (χ0n) is 9.84. The van der Waals surface area contributed by atoms with Crippen molar-refractivity contribution in [3.8, 4) is 0 Å². The lowest BCUT2D eigenvalue weighted by molar-refractivity contribution is 0.0742. The van der Waals surface area contributed by atoms with Gasteiger partial charge in [0.05, 0.1) is 0 Å². The molecule has 0 bridgehead atoms. The molecule has 1 heterocycles. The van der Waals surface area contributed by atoms with Gasteiger partial charge in [-0.1, -0.05) is 0 Å². The van der Waals surface area contributed by atoms with Crippen molar-refractivity contribution in [3.63, 3.8) is 0 Å². The molecule has 1 N–H and O–H groups in total. The van der Waals surface area contributed by atoms with Gasteiger partial charge in [0.1, 0.15) is 0 Å². The van der Waals surface area contributed by atoms with Gasteiger partial charge < -0.3 is 10.2 Å². The van der Waals surface area contributed by atoms with Crippen molar-refractivity contribution in [1.29, 1.82) is 0 Å². The highest BCUT2D eigenvalue weighted by molar-refractivity contribution is 5.94. The molecule has 1 aliphatic rings. The number of hydrogen-bond acceptors (Lipinski definition) is 2. The van der Waals surface area contributed by atoms with E-state index in [9.17, 15) is 18.0 Å². The minimum Gasteiger partial charge on any atom is -0.337 e. The van der Waals surface area contributed by atoms with Crippen molar-refractivity contribution in [2.24, 2.45) is 0 Å². The standard InChI is InChI=1S/C12H13F3N2O/c1-17(8-2-3-16-6-8)12(18)7-4-9(13)11(15)10(14)5-7/h4-5,8,16H,2-3,6H2,1H3. The van der Waals surface area contributed by atoms with E-state index in [1.807, 2.05) is 0 Å². The van der Waals surface area contributed by atoms with Crippen LogP contribution in [0.4, 0.5) is 13.2 Å². The average molecular weight is 258 g/mol. The summed E-state index contributed by atoms with van der Waals surface area (Å²) < 4.78 is 38.9. The predicted octanol–water partition coefficient (Wildman–Crippen LogP) is 1.54. The second kappa shape index (κ2) is 4.97. The normalized spacial score (nSPS) is 19.0. The lowest BCUT2D eigenvalue weighted by Gasteiger charge is -2.23. The largest absolute Gasteiger partial charge is 0.337 e. The molecule has 98 valence electrons. The first-order valence-electron chi connectivity index (χ1n) is 5.63. The Kier molecular flexibility index (Phi) is 3.56. The Bertz CT molecular complexity index is 449. The minimum absolute atomic E-state index is 0.00586. The van der Waals surface area contributed by atoms with Gasteiger partial charge in [-0.15, -0.1) is 0 Å². The van der Waals surface area contributed by atoms with Crippen LogP contribution in [0.3, 0.4) is 0 Å². The number of likely N-dealkylation sites (N-methyl/N-ethyl adjacent to an activating group) is 1. The van der Waals surface area contributed by atoms with Crippen molar-refractivity contribution in [2.45, 2.75) is 12.5 Å². The second-order valence-electron chi connectivity index (χ2n) is 4.32. The first kappa shape index (κ1) is 12.9. The summed E-state index contributed by atoms with van der Waals surface area (Å²) in [5.74, 6) is -4.77. The average Bonchev–Trinajstić information content (AvgIpc) is 2.87. The Hall–Kier alpha value is -1.56. The summed E-state index contributed by atoms with van der Waals surface area (Å²) in [5.41, 5.74) is -0.180. The quantitative estimate of drug-likeness (QED) is 0.816. The van der Waals surface area contributed by atoms with Crippen LogP contribution in [-0.2, 0) is 0 Å². The number of rotatable bonds is 2. The molecule has 6 heteroatoms. The Morgan fingerprint density at radius 3 is 2.44 bits per heavy atom. The van der Waals surface area contributed by atoms with Crippen LogP contribution in [0.5, 0.6) is 0 Å². The van der Waals surface area contributed by atoms with Gasteiger partial charge in [-0.25, -0.2) is 13.2 Å². The molecule has 0 aliphatic carbocycles. The molecular weight excluding hydrogens is 245 g/mol. The van der Waals surface area contributed by atoms with Crippen LogP contribution >= 0.6 is 0 Å². The van der Waals surface area contributed by atoms with Gasteiger partial charge in [0.2, 0.25) is 0 Å². The summed E-state index contributed by atoms with van der Waals surface area (Å²) in [6.45, 7) is 1.45. The molecule has 1 fully saturated rings. The fourth-order valence-corrected chi connectivity index (χ4v) is 2.02. The van der Waals surface area contributed by atoms with E-state index in [0.717, 1.165) is 25.1 Å². The highest BCUT2D eigenvalue weighted by Gasteiger charge is 2.25. The van der Waals surface area contributed by atoms with E-state index in [4.69, 9.17) is 0 Å². The van der Waals surface area contributed by atoms with Gasteiger partial charge in [-0.2, -0.15) is 0 Å². The molecular formula is C12H13F3N2O. The number of nitrogens with zero attached hydrogens (tertiary/aromatic N) is 1. The number of halogens is 3. The zero-order chi connectivity index (χ0) is 13.3. The SMILES string of the molecule is CN(C(=O)c1cc(F)c(F)c(F)c1)C1CCNC1. The van der Waals surface area contributed by atoms with E-state index in [-0.39, 0.29) is 11.6 Å². The van der Waals surface area contributed by atoms with Crippen molar-refractivity contribution >= 4 is 5.91 Å². The number of carbonyl (C=O) groups excluding carboxylic acids is 1. The third-order valence-electron chi connectivity index (χ3n) is 3.13.